The molecule has 16 heavy (non-hydrogen) atoms. The van der Waals surface area contributed by atoms with Gasteiger partial charge in [0.1, 0.15) is 12.4 Å². The summed E-state index contributed by atoms with van der Waals surface area (Å²) in [5, 5.41) is 12.7. The molecule has 0 saturated carbocycles. The van der Waals surface area contributed by atoms with Gasteiger partial charge in [0.05, 0.1) is 6.04 Å². The second-order valence-corrected chi connectivity index (χ2v) is 3.32. The highest BCUT2D eigenvalue weighted by molar-refractivity contribution is 5.20. The van der Waals surface area contributed by atoms with Crippen LogP contribution >= 0.6 is 0 Å². The lowest BCUT2D eigenvalue weighted by Crippen LogP contribution is -2.20. The van der Waals surface area contributed by atoms with E-state index in [9.17, 15) is 0 Å². The van der Waals surface area contributed by atoms with Crippen molar-refractivity contribution in [2.75, 3.05) is 6.54 Å². The van der Waals surface area contributed by atoms with E-state index >= 15 is 0 Å². The number of nitrogens with zero attached hydrogens (tertiary/aromatic N) is 4. The van der Waals surface area contributed by atoms with E-state index in [-0.39, 0.29) is 11.9 Å². The highest BCUT2D eigenvalue weighted by atomic mass is 15.3. The van der Waals surface area contributed by atoms with Gasteiger partial charge in [-0.2, -0.15) is 5.26 Å². The van der Waals surface area contributed by atoms with E-state index in [1.165, 1.54) is 6.33 Å². The Kier molecular flexibility index (Phi) is 2.94. The zero-order valence-corrected chi connectivity index (χ0v) is 8.61. The Morgan fingerprint density at radius 2 is 2.12 bits per heavy atom. The van der Waals surface area contributed by atoms with Crippen molar-refractivity contribution in [1.82, 2.24) is 14.8 Å². The van der Waals surface area contributed by atoms with Crippen LogP contribution in [0.5, 0.6) is 0 Å². The molecule has 1 unspecified atom stereocenters. The molecule has 2 N–H and O–H groups in total. The highest BCUT2D eigenvalue weighted by Crippen LogP contribution is 2.15. The molecule has 0 aliphatic carbocycles. The van der Waals surface area contributed by atoms with Gasteiger partial charge in [-0.1, -0.05) is 30.3 Å². The minimum absolute atomic E-state index is 0.0733. The second kappa shape index (κ2) is 4.55. The van der Waals surface area contributed by atoms with E-state index in [2.05, 4.69) is 10.1 Å². The summed E-state index contributed by atoms with van der Waals surface area (Å²) in [5.74, 6) is 0.161. The van der Waals surface area contributed by atoms with Gasteiger partial charge in [-0.3, -0.25) is 0 Å². The van der Waals surface area contributed by atoms with Crippen molar-refractivity contribution in [2.45, 2.75) is 6.04 Å². The molecule has 1 heterocycles. The first-order valence-electron chi connectivity index (χ1n) is 4.91. The van der Waals surface area contributed by atoms with E-state index in [1.807, 2.05) is 36.4 Å². The van der Waals surface area contributed by atoms with Gasteiger partial charge in [-0.15, -0.1) is 5.10 Å². The van der Waals surface area contributed by atoms with Gasteiger partial charge in [-0.05, 0) is 5.56 Å². The predicted molar refractivity (Wildman–Crippen MR) is 58.4 cm³/mol. The first-order chi connectivity index (χ1) is 7.85. The Labute approximate surface area is 93.1 Å². The van der Waals surface area contributed by atoms with Crippen molar-refractivity contribution in [2.24, 2.45) is 5.73 Å². The maximum atomic E-state index is 8.66. The fourth-order valence-electron chi connectivity index (χ4n) is 1.55. The smallest absolute Gasteiger partial charge is 0.252 e. The van der Waals surface area contributed by atoms with Crippen molar-refractivity contribution >= 4 is 0 Å². The molecule has 2 rings (SSSR count). The predicted octanol–water partition coefficient (Wildman–Crippen LogP) is 0.698. The third-order valence-corrected chi connectivity index (χ3v) is 2.34. The van der Waals surface area contributed by atoms with Gasteiger partial charge < -0.3 is 5.73 Å². The summed E-state index contributed by atoms with van der Waals surface area (Å²) in [6.45, 7) is 0.415. The van der Waals surface area contributed by atoms with Crippen LogP contribution < -0.4 is 5.73 Å². The number of rotatable bonds is 3. The fraction of sp³-hybridized carbons (Fsp3) is 0.182. The summed E-state index contributed by atoms with van der Waals surface area (Å²) in [6, 6.07) is 11.6. The largest absolute Gasteiger partial charge is 0.328 e. The van der Waals surface area contributed by atoms with Gasteiger partial charge >= 0.3 is 0 Å². The summed E-state index contributed by atoms with van der Waals surface area (Å²) in [4.78, 5) is 3.86. The molecular formula is C11H11N5. The van der Waals surface area contributed by atoms with Crippen LogP contribution in [-0.4, -0.2) is 21.3 Å². The van der Waals surface area contributed by atoms with Crippen LogP contribution in [0.15, 0.2) is 36.7 Å². The minimum Gasteiger partial charge on any atom is -0.328 e. The molecule has 0 spiro atoms. The van der Waals surface area contributed by atoms with Crippen LogP contribution in [0.25, 0.3) is 0 Å². The zero-order chi connectivity index (χ0) is 11.4. The summed E-state index contributed by atoms with van der Waals surface area (Å²) in [6.07, 6.45) is 1.53. The Morgan fingerprint density at radius 1 is 1.38 bits per heavy atom. The lowest BCUT2D eigenvalue weighted by molar-refractivity contribution is 0.529. The van der Waals surface area contributed by atoms with Gasteiger partial charge in [0.15, 0.2) is 0 Å². The summed E-state index contributed by atoms with van der Waals surface area (Å²) >= 11 is 0. The molecule has 0 bridgehead atoms. The molecule has 5 heteroatoms. The molecule has 0 fully saturated rings. The Morgan fingerprint density at radius 3 is 2.69 bits per heavy atom. The first kappa shape index (κ1) is 10.3. The van der Waals surface area contributed by atoms with E-state index in [0.29, 0.717) is 6.54 Å². The van der Waals surface area contributed by atoms with Crippen LogP contribution in [0.2, 0.25) is 0 Å². The SMILES string of the molecule is N#Cc1ncn(C(CN)c2ccccc2)n1. The van der Waals surface area contributed by atoms with Crippen molar-refractivity contribution in [3.05, 3.63) is 48.0 Å². The van der Waals surface area contributed by atoms with E-state index < -0.39 is 0 Å². The molecule has 0 saturated heterocycles. The van der Waals surface area contributed by atoms with Crippen molar-refractivity contribution < 1.29 is 0 Å². The molecule has 5 nitrogen and oxygen atoms in total. The summed E-state index contributed by atoms with van der Waals surface area (Å²) in [5.41, 5.74) is 6.77. The number of hydrogen-bond donors (Lipinski definition) is 1. The number of hydrogen-bond acceptors (Lipinski definition) is 4. The molecule has 1 aromatic carbocycles. The third-order valence-electron chi connectivity index (χ3n) is 2.34. The van der Waals surface area contributed by atoms with Crippen LogP contribution in [0, 0.1) is 11.3 Å². The minimum atomic E-state index is -0.0733. The van der Waals surface area contributed by atoms with Gasteiger partial charge in [0.2, 0.25) is 0 Å². The quantitative estimate of drug-likeness (QED) is 0.813. The average molecular weight is 213 g/mol. The number of nitrogens with two attached hydrogens (primary N) is 1. The average Bonchev–Trinajstić information content (AvgIpc) is 2.80. The summed E-state index contributed by atoms with van der Waals surface area (Å²) < 4.78 is 1.62. The summed E-state index contributed by atoms with van der Waals surface area (Å²) in [7, 11) is 0. The molecule has 0 amide bonds. The lowest BCUT2D eigenvalue weighted by Gasteiger charge is -2.14. The number of aromatic nitrogens is 3. The standard InChI is InChI=1S/C11H11N5/c12-6-10(9-4-2-1-3-5-9)16-8-14-11(7-13)15-16/h1-5,8,10H,6,12H2. The Balaban J connectivity index is 2.34. The van der Waals surface area contributed by atoms with E-state index in [0.717, 1.165) is 5.56 Å². The molecule has 1 atom stereocenters. The maximum absolute atomic E-state index is 8.66. The first-order valence-corrected chi connectivity index (χ1v) is 4.91. The van der Waals surface area contributed by atoms with Gasteiger partial charge in [-0.25, -0.2) is 9.67 Å². The lowest BCUT2D eigenvalue weighted by atomic mass is 10.1. The van der Waals surface area contributed by atoms with Crippen LogP contribution in [0.1, 0.15) is 17.4 Å². The highest BCUT2D eigenvalue weighted by Gasteiger charge is 2.13. The third kappa shape index (κ3) is 1.92. The maximum Gasteiger partial charge on any atom is 0.252 e. The van der Waals surface area contributed by atoms with Crippen LogP contribution in [0.3, 0.4) is 0 Å². The van der Waals surface area contributed by atoms with Crippen molar-refractivity contribution in [3.8, 4) is 6.07 Å². The monoisotopic (exact) mass is 213 g/mol. The molecule has 80 valence electrons. The Hall–Kier alpha value is -2.19. The van der Waals surface area contributed by atoms with Crippen molar-refractivity contribution in [1.29, 1.82) is 5.26 Å². The molecule has 1 aromatic heterocycles. The number of benzene rings is 1. The van der Waals surface area contributed by atoms with Crippen LogP contribution in [0.4, 0.5) is 0 Å². The molecular weight excluding hydrogens is 202 g/mol. The molecule has 0 radical (unpaired) electrons. The normalized spacial score (nSPS) is 12.0. The molecule has 0 aliphatic heterocycles. The van der Waals surface area contributed by atoms with E-state index in [4.69, 9.17) is 11.0 Å². The molecule has 0 aliphatic rings. The fourth-order valence-corrected chi connectivity index (χ4v) is 1.55. The Bertz CT molecular complexity index is 497. The zero-order valence-electron chi connectivity index (χ0n) is 8.61. The van der Waals surface area contributed by atoms with Crippen LogP contribution in [-0.2, 0) is 0 Å². The van der Waals surface area contributed by atoms with Crippen molar-refractivity contribution in [3.63, 3.8) is 0 Å². The topological polar surface area (TPSA) is 80.5 Å². The number of nitriles is 1. The van der Waals surface area contributed by atoms with Gasteiger partial charge in [0, 0.05) is 6.54 Å². The van der Waals surface area contributed by atoms with Gasteiger partial charge in [0.25, 0.3) is 5.82 Å². The van der Waals surface area contributed by atoms with E-state index in [1.54, 1.807) is 4.68 Å². The molecule has 2 aromatic rings. The second-order valence-electron chi connectivity index (χ2n) is 3.32.